The van der Waals surface area contributed by atoms with Gasteiger partial charge in [0, 0.05) is 12.0 Å². The van der Waals surface area contributed by atoms with Crippen LogP contribution in [-0.2, 0) is 6.42 Å². The first-order chi connectivity index (χ1) is 15.5. The molecular formula is C24H24F4N4O. The van der Waals surface area contributed by atoms with Crippen molar-refractivity contribution in [1.82, 2.24) is 15.1 Å². The van der Waals surface area contributed by atoms with Crippen LogP contribution >= 0.6 is 0 Å². The normalized spacial score (nSPS) is 18.4. The molecule has 2 N–H and O–H groups in total. The highest BCUT2D eigenvalue weighted by atomic mass is 19.4. The molecule has 1 aliphatic heterocycles. The summed E-state index contributed by atoms with van der Waals surface area (Å²) in [6.07, 6.45) is -3.18. The third-order valence-corrected chi connectivity index (χ3v) is 5.70. The summed E-state index contributed by atoms with van der Waals surface area (Å²) in [5.41, 5.74) is 0.818. The Morgan fingerprint density at radius 2 is 1.79 bits per heavy atom. The van der Waals surface area contributed by atoms with Gasteiger partial charge in [-0.15, -0.1) is 0 Å². The number of amides is 1. The molecule has 2 heterocycles. The Labute approximate surface area is 188 Å². The van der Waals surface area contributed by atoms with Crippen LogP contribution in [0.2, 0.25) is 0 Å². The van der Waals surface area contributed by atoms with E-state index in [1.54, 1.807) is 56.3 Å². The lowest BCUT2D eigenvalue weighted by molar-refractivity contribution is -0.173. The molecule has 174 valence electrons. The van der Waals surface area contributed by atoms with E-state index in [9.17, 15) is 22.4 Å². The van der Waals surface area contributed by atoms with Gasteiger partial charge in [0.25, 0.3) is 5.91 Å². The summed E-state index contributed by atoms with van der Waals surface area (Å²) in [7, 11) is 0. The van der Waals surface area contributed by atoms with E-state index in [2.05, 4.69) is 15.7 Å². The molecule has 1 aliphatic rings. The molecule has 0 saturated carbocycles. The van der Waals surface area contributed by atoms with Gasteiger partial charge in [-0.1, -0.05) is 42.5 Å². The van der Waals surface area contributed by atoms with Gasteiger partial charge in [-0.25, -0.2) is 9.07 Å². The summed E-state index contributed by atoms with van der Waals surface area (Å²) in [5.74, 6) is -0.858. The van der Waals surface area contributed by atoms with Crippen LogP contribution in [0.5, 0.6) is 0 Å². The highest BCUT2D eigenvalue weighted by molar-refractivity contribution is 5.99. The Morgan fingerprint density at radius 3 is 2.42 bits per heavy atom. The summed E-state index contributed by atoms with van der Waals surface area (Å²) in [4.78, 5) is 13.1. The molecule has 9 heteroatoms. The first-order valence-corrected chi connectivity index (χ1v) is 10.6. The molecule has 1 amide bonds. The van der Waals surface area contributed by atoms with Crippen molar-refractivity contribution in [2.45, 2.75) is 50.5 Å². The van der Waals surface area contributed by atoms with Crippen molar-refractivity contribution in [3.8, 4) is 0 Å². The fourth-order valence-corrected chi connectivity index (χ4v) is 4.16. The van der Waals surface area contributed by atoms with Crippen LogP contribution in [0.3, 0.4) is 0 Å². The van der Waals surface area contributed by atoms with E-state index in [1.807, 2.05) is 0 Å². The average molecular weight is 460 g/mol. The van der Waals surface area contributed by atoms with Gasteiger partial charge in [-0.05, 0) is 43.5 Å². The molecule has 0 aliphatic carbocycles. The number of hydrogen-bond acceptors (Lipinski definition) is 3. The number of nitrogens with one attached hydrogen (secondary N) is 2. The number of benzene rings is 2. The average Bonchev–Trinajstić information content (AvgIpc) is 3.18. The molecule has 0 saturated heterocycles. The van der Waals surface area contributed by atoms with Gasteiger partial charge in [0.2, 0.25) is 0 Å². The highest BCUT2D eigenvalue weighted by Crippen LogP contribution is 2.44. The Balaban J connectivity index is 1.60. The van der Waals surface area contributed by atoms with E-state index < -0.39 is 29.7 Å². The second-order valence-electron chi connectivity index (χ2n) is 8.89. The van der Waals surface area contributed by atoms with Crippen molar-refractivity contribution in [2.75, 3.05) is 5.32 Å². The number of carbonyl (C=O) groups excluding carboxylic acids is 1. The molecule has 3 aromatic rings. The van der Waals surface area contributed by atoms with E-state index in [0.29, 0.717) is 12.0 Å². The lowest BCUT2D eigenvalue weighted by Gasteiger charge is -2.34. The predicted octanol–water partition coefficient (Wildman–Crippen LogP) is 5.43. The molecule has 33 heavy (non-hydrogen) atoms. The van der Waals surface area contributed by atoms with Gasteiger partial charge < -0.3 is 10.6 Å². The third-order valence-electron chi connectivity index (χ3n) is 5.70. The molecule has 0 spiro atoms. The third kappa shape index (κ3) is 5.02. The summed E-state index contributed by atoms with van der Waals surface area (Å²) in [6.45, 7) is 3.59. The molecule has 2 unspecified atom stereocenters. The van der Waals surface area contributed by atoms with Crippen molar-refractivity contribution < 1.29 is 22.4 Å². The molecular weight excluding hydrogens is 436 g/mol. The zero-order valence-corrected chi connectivity index (χ0v) is 18.2. The smallest absolute Gasteiger partial charge is 0.363 e. The minimum Gasteiger partial charge on any atom is -0.363 e. The van der Waals surface area contributed by atoms with Crippen LogP contribution in [0.15, 0.2) is 60.8 Å². The van der Waals surface area contributed by atoms with E-state index >= 15 is 0 Å². The van der Waals surface area contributed by atoms with Crippen LogP contribution in [0, 0.1) is 5.82 Å². The van der Waals surface area contributed by atoms with Gasteiger partial charge in [-0.3, -0.25) is 4.79 Å². The molecule has 2 atom stereocenters. The molecule has 0 bridgehead atoms. The molecule has 2 aromatic carbocycles. The number of aromatic nitrogens is 2. The minimum absolute atomic E-state index is 0.0347. The largest absolute Gasteiger partial charge is 0.410 e. The Bertz CT molecular complexity index is 1120. The lowest BCUT2D eigenvalue weighted by atomic mass is 9.94. The molecule has 5 nitrogen and oxygen atoms in total. The minimum atomic E-state index is -4.52. The fraction of sp³-hybridized carbons (Fsp3) is 0.333. The van der Waals surface area contributed by atoms with E-state index in [0.717, 1.165) is 16.4 Å². The van der Waals surface area contributed by atoms with E-state index in [-0.39, 0.29) is 23.6 Å². The quantitative estimate of drug-likeness (QED) is 0.499. The first-order valence-electron chi connectivity index (χ1n) is 10.6. The van der Waals surface area contributed by atoms with Gasteiger partial charge in [0.15, 0.2) is 6.04 Å². The van der Waals surface area contributed by atoms with Crippen molar-refractivity contribution in [3.63, 3.8) is 0 Å². The van der Waals surface area contributed by atoms with Gasteiger partial charge in [0.1, 0.15) is 17.2 Å². The molecule has 0 radical (unpaired) electrons. The van der Waals surface area contributed by atoms with Crippen LogP contribution in [0.1, 0.15) is 53.8 Å². The summed E-state index contributed by atoms with van der Waals surface area (Å²) < 4.78 is 55.6. The standard InChI is InChI=1S/C24H24F4N4O/c1-23(2,13-15-8-10-17(25)11-9-15)31-22(33)18-14-29-32-20(24(26,27)28)12-19(30-21(18)32)16-6-4-3-5-7-16/h3-11,14,19-20,30H,12-13H2,1-2H3,(H,31,33). The van der Waals surface area contributed by atoms with Gasteiger partial charge in [0.05, 0.1) is 12.2 Å². The van der Waals surface area contributed by atoms with Gasteiger partial charge in [-0.2, -0.15) is 18.3 Å². The molecule has 1 aromatic heterocycles. The number of carbonyl (C=O) groups is 1. The summed E-state index contributed by atoms with van der Waals surface area (Å²) in [6, 6.07) is 12.3. The second-order valence-corrected chi connectivity index (χ2v) is 8.89. The zero-order chi connectivity index (χ0) is 23.8. The first kappa shape index (κ1) is 22.8. The predicted molar refractivity (Wildman–Crippen MR) is 116 cm³/mol. The van der Waals surface area contributed by atoms with Crippen molar-refractivity contribution in [3.05, 3.63) is 83.3 Å². The highest BCUT2D eigenvalue weighted by Gasteiger charge is 2.47. The number of alkyl halides is 3. The van der Waals surface area contributed by atoms with Crippen LogP contribution in [0.25, 0.3) is 0 Å². The number of rotatable bonds is 5. The topological polar surface area (TPSA) is 59.0 Å². The Kier molecular flexibility index (Phi) is 5.90. The van der Waals surface area contributed by atoms with Crippen molar-refractivity contribution in [2.24, 2.45) is 0 Å². The van der Waals surface area contributed by atoms with Gasteiger partial charge >= 0.3 is 6.18 Å². The zero-order valence-electron chi connectivity index (χ0n) is 18.2. The lowest BCUT2D eigenvalue weighted by Crippen LogP contribution is -2.45. The maximum Gasteiger partial charge on any atom is 0.410 e. The number of anilines is 1. The fourth-order valence-electron chi connectivity index (χ4n) is 4.16. The summed E-state index contributed by atoms with van der Waals surface area (Å²) >= 11 is 0. The number of nitrogens with zero attached hydrogens (tertiary/aromatic N) is 2. The number of fused-ring (bicyclic) bond motifs is 1. The second kappa shape index (κ2) is 8.53. The van der Waals surface area contributed by atoms with E-state index in [4.69, 9.17) is 0 Å². The molecule has 4 rings (SSSR count). The van der Waals surface area contributed by atoms with Crippen LogP contribution < -0.4 is 10.6 Å². The van der Waals surface area contributed by atoms with Crippen molar-refractivity contribution in [1.29, 1.82) is 0 Å². The maximum absolute atomic E-state index is 13.8. The maximum atomic E-state index is 13.8. The molecule has 0 fully saturated rings. The Hall–Kier alpha value is -3.36. The SMILES string of the molecule is CC(C)(Cc1ccc(F)cc1)NC(=O)c1cnn2c1NC(c1ccccc1)CC2C(F)(F)F. The summed E-state index contributed by atoms with van der Waals surface area (Å²) in [5, 5.41) is 9.87. The Morgan fingerprint density at radius 1 is 1.12 bits per heavy atom. The van der Waals surface area contributed by atoms with Crippen LogP contribution in [0.4, 0.5) is 23.4 Å². The van der Waals surface area contributed by atoms with Crippen LogP contribution in [-0.4, -0.2) is 27.4 Å². The van der Waals surface area contributed by atoms with E-state index in [1.165, 1.54) is 12.1 Å². The number of halogens is 4. The monoisotopic (exact) mass is 460 g/mol. The van der Waals surface area contributed by atoms with Crippen molar-refractivity contribution >= 4 is 11.7 Å². The number of hydrogen-bond donors (Lipinski definition) is 2.